The SMILES string of the molecule is Fc1cccc(N(c2ccccc2)c2ccc(-c3c4ccccc4c(-c4ccccc4-c4ccccc4)c4ccccc34)cc2)n1. The Morgan fingerprint density at radius 2 is 0.870 bits per heavy atom. The number of hydrogen-bond acceptors (Lipinski definition) is 2. The minimum atomic E-state index is -0.512. The molecule has 0 saturated carbocycles. The van der Waals surface area contributed by atoms with Gasteiger partial charge in [0.15, 0.2) is 0 Å². The number of hydrogen-bond donors (Lipinski definition) is 0. The van der Waals surface area contributed by atoms with Gasteiger partial charge in [0.05, 0.1) is 0 Å². The van der Waals surface area contributed by atoms with Crippen LogP contribution in [0.5, 0.6) is 0 Å². The van der Waals surface area contributed by atoms with Crippen LogP contribution in [0.15, 0.2) is 176 Å². The molecule has 2 nitrogen and oxygen atoms in total. The Bertz CT molecular complexity index is 2260. The van der Waals surface area contributed by atoms with Gasteiger partial charge in [0.25, 0.3) is 0 Å². The molecule has 0 radical (unpaired) electrons. The van der Waals surface area contributed by atoms with Gasteiger partial charge in [0, 0.05) is 11.4 Å². The summed E-state index contributed by atoms with van der Waals surface area (Å²) in [6, 6.07) is 60.1. The van der Waals surface area contributed by atoms with Crippen LogP contribution in [0.4, 0.5) is 21.6 Å². The molecule has 0 atom stereocenters. The fraction of sp³-hybridized carbons (Fsp3) is 0. The van der Waals surface area contributed by atoms with Gasteiger partial charge in [0.1, 0.15) is 5.82 Å². The molecule has 0 amide bonds. The highest BCUT2D eigenvalue weighted by Crippen LogP contribution is 2.46. The lowest BCUT2D eigenvalue weighted by Gasteiger charge is -2.24. The molecule has 0 saturated heterocycles. The van der Waals surface area contributed by atoms with Crippen LogP contribution in [0.1, 0.15) is 0 Å². The van der Waals surface area contributed by atoms with Gasteiger partial charge in [-0.15, -0.1) is 0 Å². The quantitative estimate of drug-likeness (QED) is 0.141. The molecule has 0 unspecified atom stereocenters. The number of para-hydroxylation sites is 1. The minimum Gasteiger partial charge on any atom is -0.295 e. The largest absolute Gasteiger partial charge is 0.295 e. The number of rotatable bonds is 6. The van der Waals surface area contributed by atoms with E-state index in [0.29, 0.717) is 5.82 Å². The number of benzene rings is 7. The Kier molecular flexibility index (Phi) is 7.05. The molecule has 218 valence electrons. The van der Waals surface area contributed by atoms with Crippen molar-refractivity contribution in [3.05, 3.63) is 182 Å². The second-order valence-electron chi connectivity index (χ2n) is 11.3. The van der Waals surface area contributed by atoms with Gasteiger partial charge < -0.3 is 0 Å². The summed E-state index contributed by atoms with van der Waals surface area (Å²) >= 11 is 0. The fourth-order valence-corrected chi connectivity index (χ4v) is 6.59. The van der Waals surface area contributed by atoms with E-state index in [1.165, 1.54) is 55.4 Å². The molecule has 46 heavy (non-hydrogen) atoms. The van der Waals surface area contributed by atoms with Crippen molar-refractivity contribution in [3.8, 4) is 33.4 Å². The summed E-state index contributed by atoms with van der Waals surface area (Å²) in [7, 11) is 0. The molecule has 0 aliphatic carbocycles. The van der Waals surface area contributed by atoms with Gasteiger partial charge in [-0.25, -0.2) is 4.98 Å². The monoisotopic (exact) mass is 592 g/mol. The summed E-state index contributed by atoms with van der Waals surface area (Å²) in [6.07, 6.45) is 0. The van der Waals surface area contributed by atoms with E-state index >= 15 is 0 Å². The van der Waals surface area contributed by atoms with Crippen molar-refractivity contribution >= 4 is 38.7 Å². The predicted molar refractivity (Wildman–Crippen MR) is 190 cm³/mol. The van der Waals surface area contributed by atoms with E-state index in [-0.39, 0.29) is 0 Å². The Hall–Kier alpha value is -6.06. The summed E-state index contributed by atoms with van der Waals surface area (Å²) in [5.74, 6) is 0.0122. The second kappa shape index (κ2) is 11.8. The smallest absolute Gasteiger partial charge is 0.214 e. The van der Waals surface area contributed by atoms with Gasteiger partial charge in [-0.2, -0.15) is 4.39 Å². The van der Waals surface area contributed by atoms with Crippen molar-refractivity contribution in [2.24, 2.45) is 0 Å². The maximum absolute atomic E-state index is 14.3. The van der Waals surface area contributed by atoms with E-state index in [0.717, 1.165) is 16.9 Å². The van der Waals surface area contributed by atoms with Crippen LogP contribution in [0, 0.1) is 5.95 Å². The Balaban J connectivity index is 1.33. The lowest BCUT2D eigenvalue weighted by Crippen LogP contribution is -2.11. The van der Waals surface area contributed by atoms with Crippen LogP contribution in [-0.2, 0) is 0 Å². The molecular formula is C43H29FN2. The van der Waals surface area contributed by atoms with E-state index in [2.05, 4.69) is 132 Å². The van der Waals surface area contributed by atoms with E-state index < -0.39 is 5.95 Å². The number of pyridine rings is 1. The van der Waals surface area contributed by atoms with Crippen molar-refractivity contribution in [2.75, 3.05) is 4.90 Å². The number of nitrogens with zero attached hydrogens (tertiary/aromatic N) is 2. The lowest BCUT2D eigenvalue weighted by molar-refractivity contribution is 0.584. The Morgan fingerprint density at radius 3 is 1.48 bits per heavy atom. The summed E-state index contributed by atoms with van der Waals surface area (Å²) < 4.78 is 14.3. The summed E-state index contributed by atoms with van der Waals surface area (Å²) in [4.78, 5) is 6.19. The normalized spacial score (nSPS) is 11.2. The van der Waals surface area contributed by atoms with E-state index in [1.54, 1.807) is 6.07 Å². The highest BCUT2D eigenvalue weighted by Gasteiger charge is 2.20. The zero-order chi connectivity index (χ0) is 30.9. The molecule has 1 heterocycles. The summed E-state index contributed by atoms with van der Waals surface area (Å²) in [5, 5.41) is 4.80. The third-order valence-corrected chi connectivity index (χ3v) is 8.57. The van der Waals surface area contributed by atoms with Gasteiger partial charge in [-0.05, 0) is 91.3 Å². The maximum Gasteiger partial charge on any atom is 0.214 e. The fourth-order valence-electron chi connectivity index (χ4n) is 6.59. The summed E-state index contributed by atoms with van der Waals surface area (Å²) in [6.45, 7) is 0. The molecule has 0 aliphatic rings. The van der Waals surface area contributed by atoms with Crippen molar-refractivity contribution < 1.29 is 4.39 Å². The molecule has 7 aromatic carbocycles. The molecule has 3 heteroatoms. The van der Waals surface area contributed by atoms with E-state index in [9.17, 15) is 4.39 Å². The third-order valence-electron chi connectivity index (χ3n) is 8.57. The van der Waals surface area contributed by atoms with Gasteiger partial charge in [-0.3, -0.25) is 4.90 Å². The van der Waals surface area contributed by atoms with Crippen molar-refractivity contribution in [2.45, 2.75) is 0 Å². The van der Waals surface area contributed by atoms with Crippen LogP contribution < -0.4 is 4.90 Å². The third kappa shape index (κ3) is 4.89. The minimum absolute atomic E-state index is 0.512. The lowest BCUT2D eigenvalue weighted by atomic mass is 9.84. The zero-order valence-corrected chi connectivity index (χ0v) is 25.0. The molecule has 0 aliphatic heterocycles. The summed E-state index contributed by atoms with van der Waals surface area (Å²) in [5.41, 5.74) is 8.96. The van der Waals surface area contributed by atoms with Crippen LogP contribution in [0.3, 0.4) is 0 Å². The first-order valence-electron chi connectivity index (χ1n) is 15.4. The van der Waals surface area contributed by atoms with E-state index in [4.69, 9.17) is 0 Å². The highest BCUT2D eigenvalue weighted by molar-refractivity contribution is 6.22. The van der Waals surface area contributed by atoms with Crippen molar-refractivity contribution in [1.82, 2.24) is 4.98 Å². The molecule has 8 rings (SSSR count). The Morgan fingerprint density at radius 1 is 0.370 bits per heavy atom. The standard InChI is InChI=1S/C43H29FN2/c44-40-24-13-25-41(45-40)46(32-16-5-2-6-17-32)33-28-26-31(27-29-33)42-36-20-9-11-22-38(36)43(39-23-12-10-21-37(39)42)35-19-8-7-18-34(35)30-14-3-1-4-15-30/h1-29H. The first kappa shape index (κ1) is 27.5. The zero-order valence-electron chi connectivity index (χ0n) is 25.0. The average Bonchev–Trinajstić information content (AvgIpc) is 3.12. The molecule has 0 bridgehead atoms. The maximum atomic E-state index is 14.3. The molecule has 0 N–H and O–H groups in total. The first-order valence-corrected chi connectivity index (χ1v) is 15.4. The second-order valence-corrected chi connectivity index (χ2v) is 11.3. The van der Waals surface area contributed by atoms with Crippen LogP contribution >= 0.6 is 0 Å². The van der Waals surface area contributed by atoms with Gasteiger partial charge in [-0.1, -0.05) is 140 Å². The van der Waals surface area contributed by atoms with Crippen molar-refractivity contribution in [3.63, 3.8) is 0 Å². The molecule has 0 fully saturated rings. The average molecular weight is 593 g/mol. The molecule has 8 aromatic rings. The predicted octanol–water partition coefficient (Wildman–Crippen LogP) is 12.0. The van der Waals surface area contributed by atoms with Gasteiger partial charge in [0.2, 0.25) is 5.95 Å². The molecule has 0 spiro atoms. The topological polar surface area (TPSA) is 16.1 Å². The molecular weight excluding hydrogens is 563 g/mol. The van der Waals surface area contributed by atoms with Crippen LogP contribution in [0.25, 0.3) is 54.9 Å². The number of halogens is 1. The van der Waals surface area contributed by atoms with Gasteiger partial charge >= 0.3 is 0 Å². The highest BCUT2D eigenvalue weighted by atomic mass is 19.1. The van der Waals surface area contributed by atoms with Crippen molar-refractivity contribution in [1.29, 1.82) is 0 Å². The molecule has 1 aromatic heterocycles. The number of fused-ring (bicyclic) bond motifs is 2. The van der Waals surface area contributed by atoms with Crippen LogP contribution in [-0.4, -0.2) is 4.98 Å². The van der Waals surface area contributed by atoms with E-state index in [1.807, 2.05) is 41.3 Å². The first-order chi connectivity index (χ1) is 22.8. The van der Waals surface area contributed by atoms with Crippen LogP contribution in [0.2, 0.25) is 0 Å². The Labute approximate surface area is 267 Å². The number of anilines is 3. The number of aromatic nitrogens is 1.